The summed E-state index contributed by atoms with van der Waals surface area (Å²) in [5.41, 5.74) is -0.513. The molecule has 1 fully saturated rings. The zero-order chi connectivity index (χ0) is 10.9. The van der Waals surface area contributed by atoms with E-state index >= 15 is 0 Å². The van der Waals surface area contributed by atoms with Crippen molar-refractivity contribution >= 4 is 0 Å². The molecular weight excluding hydrogens is 202 g/mol. The standard InChI is InChI=1S/C11H12F2O2/c12-9-3-8(4-10(13)5-9)6-11(14)1-2-15-7-11/h3-5,14H,1-2,6-7H2. The minimum atomic E-state index is -0.972. The maximum absolute atomic E-state index is 12.9. The van der Waals surface area contributed by atoms with Crippen LogP contribution in [0.25, 0.3) is 0 Å². The molecule has 1 aromatic rings. The van der Waals surface area contributed by atoms with E-state index in [1.54, 1.807) is 0 Å². The maximum Gasteiger partial charge on any atom is 0.126 e. The predicted molar refractivity (Wildman–Crippen MR) is 50.4 cm³/mol. The van der Waals surface area contributed by atoms with Gasteiger partial charge in [-0.05, 0) is 17.7 Å². The number of aliphatic hydroxyl groups is 1. The van der Waals surface area contributed by atoms with Gasteiger partial charge in [0.05, 0.1) is 12.2 Å². The minimum absolute atomic E-state index is 0.224. The number of halogens is 2. The van der Waals surface area contributed by atoms with Crippen LogP contribution in [-0.4, -0.2) is 23.9 Å². The fourth-order valence-corrected chi connectivity index (χ4v) is 1.83. The van der Waals surface area contributed by atoms with Gasteiger partial charge in [0, 0.05) is 25.5 Å². The molecule has 0 radical (unpaired) electrons. The number of benzene rings is 1. The van der Waals surface area contributed by atoms with Gasteiger partial charge >= 0.3 is 0 Å². The highest BCUT2D eigenvalue weighted by molar-refractivity contribution is 5.20. The van der Waals surface area contributed by atoms with E-state index in [4.69, 9.17) is 4.74 Å². The van der Waals surface area contributed by atoms with E-state index in [0.29, 0.717) is 18.6 Å². The highest BCUT2D eigenvalue weighted by Crippen LogP contribution is 2.24. The first-order valence-corrected chi connectivity index (χ1v) is 4.83. The molecule has 0 aliphatic carbocycles. The lowest BCUT2D eigenvalue weighted by molar-refractivity contribution is 0.0270. The van der Waals surface area contributed by atoms with Crippen molar-refractivity contribution in [2.75, 3.05) is 13.2 Å². The van der Waals surface area contributed by atoms with Crippen LogP contribution in [0.3, 0.4) is 0 Å². The number of hydrogen-bond donors (Lipinski definition) is 1. The van der Waals surface area contributed by atoms with Gasteiger partial charge in [0.15, 0.2) is 0 Å². The van der Waals surface area contributed by atoms with Crippen molar-refractivity contribution in [3.05, 3.63) is 35.4 Å². The fourth-order valence-electron chi connectivity index (χ4n) is 1.83. The monoisotopic (exact) mass is 214 g/mol. The molecule has 82 valence electrons. The van der Waals surface area contributed by atoms with E-state index in [9.17, 15) is 13.9 Å². The maximum atomic E-state index is 12.9. The van der Waals surface area contributed by atoms with Gasteiger partial charge in [0.2, 0.25) is 0 Å². The lowest BCUT2D eigenvalue weighted by Gasteiger charge is -2.20. The highest BCUT2D eigenvalue weighted by Gasteiger charge is 2.32. The summed E-state index contributed by atoms with van der Waals surface area (Å²) in [5.74, 6) is -1.24. The molecule has 0 saturated carbocycles. The first kappa shape index (κ1) is 10.5. The van der Waals surface area contributed by atoms with Crippen molar-refractivity contribution < 1.29 is 18.6 Å². The fraction of sp³-hybridized carbons (Fsp3) is 0.455. The van der Waals surface area contributed by atoms with E-state index in [0.717, 1.165) is 6.07 Å². The lowest BCUT2D eigenvalue weighted by atomic mass is 9.94. The van der Waals surface area contributed by atoms with Crippen LogP contribution in [-0.2, 0) is 11.2 Å². The van der Waals surface area contributed by atoms with E-state index < -0.39 is 17.2 Å². The van der Waals surface area contributed by atoms with Crippen LogP contribution in [0.1, 0.15) is 12.0 Å². The summed E-state index contributed by atoms with van der Waals surface area (Å²) in [6.45, 7) is 0.722. The Hall–Kier alpha value is -1.00. The summed E-state index contributed by atoms with van der Waals surface area (Å²) in [7, 11) is 0. The largest absolute Gasteiger partial charge is 0.387 e. The zero-order valence-corrected chi connectivity index (χ0v) is 8.17. The third-order valence-electron chi connectivity index (χ3n) is 2.54. The Balaban J connectivity index is 2.16. The molecule has 4 heteroatoms. The van der Waals surface area contributed by atoms with Gasteiger partial charge in [0.1, 0.15) is 11.6 Å². The van der Waals surface area contributed by atoms with Crippen LogP contribution in [0.4, 0.5) is 8.78 Å². The quantitative estimate of drug-likeness (QED) is 0.811. The second-order valence-corrected chi connectivity index (χ2v) is 3.98. The molecule has 1 aromatic carbocycles. The molecule has 0 bridgehead atoms. The van der Waals surface area contributed by atoms with E-state index in [-0.39, 0.29) is 13.0 Å². The SMILES string of the molecule is OC1(Cc2cc(F)cc(F)c2)CCOC1. The Labute approximate surface area is 86.5 Å². The van der Waals surface area contributed by atoms with Gasteiger partial charge in [-0.15, -0.1) is 0 Å². The predicted octanol–water partition coefficient (Wildman–Crippen LogP) is 1.66. The summed E-state index contributed by atoms with van der Waals surface area (Å²) in [5, 5.41) is 9.96. The van der Waals surface area contributed by atoms with Gasteiger partial charge in [-0.3, -0.25) is 0 Å². The third-order valence-corrected chi connectivity index (χ3v) is 2.54. The summed E-state index contributed by atoms with van der Waals surface area (Å²) in [6, 6.07) is 3.29. The molecule has 1 aliphatic heterocycles. The van der Waals surface area contributed by atoms with Crippen molar-refractivity contribution in [2.45, 2.75) is 18.4 Å². The number of ether oxygens (including phenoxy) is 1. The second kappa shape index (κ2) is 3.87. The van der Waals surface area contributed by atoms with Crippen LogP contribution in [0.15, 0.2) is 18.2 Å². The van der Waals surface area contributed by atoms with Crippen molar-refractivity contribution in [3.8, 4) is 0 Å². The molecule has 15 heavy (non-hydrogen) atoms. The topological polar surface area (TPSA) is 29.5 Å². The Morgan fingerprint density at radius 1 is 1.27 bits per heavy atom. The van der Waals surface area contributed by atoms with Crippen molar-refractivity contribution in [2.24, 2.45) is 0 Å². The molecule has 0 aromatic heterocycles. The van der Waals surface area contributed by atoms with Crippen LogP contribution in [0.2, 0.25) is 0 Å². The normalized spacial score (nSPS) is 25.8. The smallest absolute Gasteiger partial charge is 0.126 e. The molecule has 1 aliphatic rings. The Bertz CT molecular complexity index is 339. The van der Waals surface area contributed by atoms with E-state index in [1.807, 2.05) is 0 Å². The first-order valence-electron chi connectivity index (χ1n) is 4.83. The van der Waals surface area contributed by atoms with Crippen LogP contribution < -0.4 is 0 Å². The van der Waals surface area contributed by atoms with Gasteiger partial charge in [-0.25, -0.2) is 8.78 Å². The van der Waals surface area contributed by atoms with Crippen molar-refractivity contribution in [3.63, 3.8) is 0 Å². The molecule has 0 amide bonds. The molecule has 0 spiro atoms. The number of rotatable bonds is 2. The van der Waals surface area contributed by atoms with Crippen molar-refractivity contribution in [1.29, 1.82) is 0 Å². The average Bonchev–Trinajstić information content (AvgIpc) is 2.49. The van der Waals surface area contributed by atoms with Gasteiger partial charge in [-0.1, -0.05) is 0 Å². The Kier molecular flexibility index (Phi) is 2.71. The molecule has 1 saturated heterocycles. The minimum Gasteiger partial charge on any atom is -0.387 e. The van der Waals surface area contributed by atoms with Crippen LogP contribution >= 0.6 is 0 Å². The first-order chi connectivity index (χ1) is 7.07. The van der Waals surface area contributed by atoms with Gasteiger partial charge in [-0.2, -0.15) is 0 Å². The summed E-state index contributed by atoms with van der Waals surface area (Å²) in [4.78, 5) is 0. The summed E-state index contributed by atoms with van der Waals surface area (Å²) >= 11 is 0. The Morgan fingerprint density at radius 2 is 1.93 bits per heavy atom. The van der Waals surface area contributed by atoms with Crippen LogP contribution in [0.5, 0.6) is 0 Å². The third kappa shape index (κ3) is 2.52. The molecule has 1 atom stereocenters. The van der Waals surface area contributed by atoms with Gasteiger partial charge < -0.3 is 9.84 Å². The van der Waals surface area contributed by atoms with Crippen LogP contribution in [0, 0.1) is 11.6 Å². The second-order valence-electron chi connectivity index (χ2n) is 3.98. The summed E-state index contributed by atoms with van der Waals surface area (Å²) in [6.07, 6.45) is 0.729. The van der Waals surface area contributed by atoms with E-state index in [2.05, 4.69) is 0 Å². The molecule has 1 N–H and O–H groups in total. The van der Waals surface area contributed by atoms with Crippen molar-refractivity contribution in [1.82, 2.24) is 0 Å². The molecule has 2 nitrogen and oxygen atoms in total. The molecule has 1 heterocycles. The molecule has 2 rings (SSSR count). The lowest BCUT2D eigenvalue weighted by Crippen LogP contribution is -2.31. The Morgan fingerprint density at radius 3 is 2.47 bits per heavy atom. The van der Waals surface area contributed by atoms with E-state index in [1.165, 1.54) is 12.1 Å². The summed E-state index contributed by atoms with van der Waals surface area (Å²) < 4.78 is 30.8. The zero-order valence-electron chi connectivity index (χ0n) is 8.17. The van der Waals surface area contributed by atoms with Gasteiger partial charge in [0.25, 0.3) is 0 Å². The molecular formula is C11H12F2O2. The molecule has 1 unspecified atom stereocenters. The number of hydrogen-bond acceptors (Lipinski definition) is 2. The average molecular weight is 214 g/mol. The highest BCUT2D eigenvalue weighted by atomic mass is 19.1.